The Labute approximate surface area is 133 Å². The third-order valence-electron chi connectivity index (χ3n) is 3.42. The number of nitrogen functional groups attached to an aromatic ring is 1. The van der Waals surface area contributed by atoms with Gasteiger partial charge in [0, 0.05) is 16.3 Å². The molecule has 3 rings (SSSR count). The number of nitrogens with zero attached hydrogens (tertiary/aromatic N) is 1. The number of nitrogens with two attached hydrogens (primary N) is 1. The van der Waals surface area contributed by atoms with Crippen molar-refractivity contribution in [2.75, 3.05) is 10.0 Å². The lowest BCUT2D eigenvalue weighted by Crippen LogP contribution is -2.26. The molecule has 0 fully saturated rings. The normalized spacial score (nSPS) is 16.0. The zero-order chi connectivity index (χ0) is 15.2. The molecule has 0 saturated heterocycles. The Bertz CT molecular complexity index is 804. The summed E-state index contributed by atoms with van der Waals surface area (Å²) in [6.45, 7) is 0.204. The highest BCUT2D eigenvalue weighted by molar-refractivity contribution is 7.92. The predicted octanol–water partition coefficient (Wildman–Crippen LogP) is 3.43. The fraction of sp³-hybridized carbons (Fsp3) is 0.143. The van der Waals surface area contributed by atoms with E-state index in [0.29, 0.717) is 27.0 Å². The highest BCUT2D eigenvalue weighted by Crippen LogP contribution is 2.43. The van der Waals surface area contributed by atoms with E-state index < -0.39 is 10.0 Å². The average Bonchev–Trinajstić information content (AvgIpc) is 2.70. The Balaban J connectivity index is 2.07. The van der Waals surface area contributed by atoms with Crippen LogP contribution in [0.25, 0.3) is 0 Å². The lowest BCUT2D eigenvalue weighted by atomic mass is 10.1. The maximum Gasteiger partial charge on any atom is 0.239 e. The summed E-state index contributed by atoms with van der Waals surface area (Å²) < 4.78 is 26.1. The molecular weight excluding hydrogens is 331 g/mol. The molecule has 2 N–H and O–H groups in total. The molecule has 0 atom stereocenters. The van der Waals surface area contributed by atoms with Crippen LogP contribution < -0.4 is 10.0 Å². The van der Waals surface area contributed by atoms with Gasteiger partial charge in [0.15, 0.2) is 0 Å². The maximum atomic E-state index is 12.4. The maximum absolute atomic E-state index is 12.4. The third-order valence-corrected chi connectivity index (χ3v) is 5.61. The number of fused-ring (bicyclic) bond motifs is 1. The summed E-state index contributed by atoms with van der Waals surface area (Å²) in [6.07, 6.45) is 0. The molecule has 2 aromatic carbocycles. The first kappa shape index (κ1) is 14.5. The SMILES string of the molecule is Nc1ccc(Cl)c2c1CS(=O)(=O)N2Cc1ccc(Cl)cc1. The Morgan fingerprint density at radius 3 is 2.43 bits per heavy atom. The fourth-order valence-corrected chi connectivity index (χ4v) is 4.49. The minimum atomic E-state index is -3.46. The van der Waals surface area contributed by atoms with Crippen molar-refractivity contribution in [1.82, 2.24) is 0 Å². The molecule has 0 radical (unpaired) electrons. The minimum Gasteiger partial charge on any atom is -0.398 e. The van der Waals surface area contributed by atoms with Crippen LogP contribution in [0.15, 0.2) is 36.4 Å². The van der Waals surface area contributed by atoms with Gasteiger partial charge in [-0.1, -0.05) is 35.3 Å². The Hall–Kier alpha value is -1.43. The van der Waals surface area contributed by atoms with Crippen molar-refractivity contribution in [2.24, 2.45) is 0 Å². The van der Waals surface area contributed by atoms with E-state index in [1.54, 1.807) is 36.4 Å². The van der Waals surface area contributed by atoms with Crippen molar-refractivity contribution in [3.8, 4) is 0 Å². The van der Waals surface area contributed by atoms with Crippen LogP contribution in [0, 0.1) is 0 Å². The highest BCUT2D eigenvalue weighted by atomic mass is 35.5. The first-order chi connectivity index (χ1) is 9.88. The standard InChI is InChI=1S/C14H12Cl2N2O2S/c15-10-3-1-9(2-4-10)7-18-14-11(8-21(18,19)20)13(17)6-5-12(14)16/h1-6H,7-8,17H2. The summed E-state index contributed by atoms with van der Waals surface area (Å²) in [4.78, 5) is 0. The molecule has 0 aliphatic carbocycles. The van der Waals surface area contributed by atoms with Gasteiger partial charge in [-0.2, -0.15) is 0 Å². The van der Waals surface area contributed by atoms with E-state index >= 15 is 0 Å². The number of hydrogen-bond acceptors (Lipinski definition) is 3. The number of benzene rings is 2. The second kappa shape index (κ2) is 5.09. The predicted molar refractivity (Wildman–Crippen MR) is 86.1 cm³/mol. The molecule has 0 saturated carbocycles. The lowest BCUT2D eigenvalue weighted by Gasteiger charge is -2.19. The summed E-state index contributed by atoms with van der Waals surface area (Å²) in [7, 11) is -3.46. The number of rotatable bonds is 2. The second-order valence-corrected chi connectivity index (χ2v) is 7.59. The Morgan fingerprint density at radius 1 is 1.10 bits per heavy atom. The molecule has 1 aliphatic rings. The van der Waals surface area contributed by atoms with Gasteiger partial charge < -0.3 is 5.73 Å². The van der Waals surface area contributed by atoms with Crippen molar-refractivity contribution in [3.63, 3.8) is 0 Å². The first-order valence-electron chi connectivity index (χ1n) is 6.20. The van der Waals surface area contributed by atoms with Gasteiger partial charge in [0.1, 0.15) is 0 Å². The summed E-state index contributed by atoms with van der Waals surface area (Å²) in [6, 6.07) is 10.3. The molecular formula is C14H12Cl2N2O2S. The molecule has 21 heavy (non-hydrogen) atoms. The number of sulfonamides is 1. The summed E-state index contributed by atoms with van der Waals surface area (Å²) in [5.74, 6) is -0.123. The van der Waals surface area contributed by atoms with Gasteiger partial charge in [0.2, 0.25) is 10.0 Å². The van der Waals surface area contributed by atoms with Crippen molar-refractivity contribution in [3.05, 3.63) is 57.6 Å². The monoisotopic (exact) mass is 342 g/mol. The molecule has 7 heteroatoms. The smallest absolute Gasteiger partial charge is 0.239 e. The Morgan fingerprint density at radius 2 is 1.76 bits per heavy atom. The molecule has 1 aliphatic heterocycles. The van der Waals surface area contributed by atoms with Gasteiger partial charge in [0.25, 0.3) is 0 Å². The molecule has 1 heterocycles. The largest absolute Gasteiger partial charge is 0.398 e. The minimum absolute atomic E-state index is 0.123. The summed E-state index contributed by atoms with van der Waals surface area (Å²) >= 11 is 12.0. The van der Waals surface area contributed by atoms with Crippen molar-refractivity contribution >= 4 is 44.6 Å². The molecule has 0 unspecified atom stereocenters. The molecule has 110 valence electrons. The van der Waals surface area contributed by atoms with Crippen LogP contribution >= 0.6 is 23.2 Å². The van der Waals surface area contributed by atoms with Crippen LogP contribution in [0.5, 0.6) is 0 Å². The van der Waals surface area contributed by atoms with Crippen molar-refractivity contribution in [1.29, 1.82) is 0 Å². The number of hydrogen-bond donors (Lipinski definition) is 1. The zero-order valence-electron chi connectivity index (χ0n) is 10.9. The van der Waals surface area contributed by atoms with Crippen molar-refractivity contribution in [2.45, 2.75) is 12.3 Å². The van der Waals surface area contributed by atoms with E-state index in [4.69, 9.17) is 28.9 Å². The van der Waals surface area contributed by atoms with E-state index in [2.05, 4.69) is 0 Å². The third kappa shape index (κ3) is 2.57. The quantitative estimate of drug-likeness (QED) is 0.850. The van der Waals surface area contributed by atoms with Gasteiger partial charge in [-0.05, 0) is 29.8 Å². The topological polar surface area (TPSA) is 63.4 Å². The van der Waals surface area contributed by atoms with Gasteiger partial charge >= 0.3 is 0 Å². The van der Waals surface area contributed by atoms with E-state index in [1.807, 2.05) is 0 Å². The van der Waals surface area contributed by atoms with Crippen LogP contribution in [-0.4, -0.2) is 8.42 Å². The lowest BCUT2D eigenvalue weighted by molar-refractivity contribution is 0.593. The van der Waals surface area contributed by atoms with Gasteiger partial charge in [0.05, 0.1) is 23.0 Å². The van der Waals surface area contributed by atoms with Crippen LogP contribution in [0.4, 0.5) is 11.4 Å². The Kier molecular flexibility index (Phi) is 3.51. The van der Waals surface area contributed by atoms with Gasteiger partial charge in [-0.25, -0.2) is 8.42 Å². The zero-order valence-corrected chi connectivity index (χ0v) is 13.2. The van der Waals surface area contributed by atoms with Gasteiger partial charge in [-0.3, -0.25) is 4.31 Å². The molecule has 2 aromatic rings. The number of halogens is 2. The average molecular weight is 343 g/mol. The van der Waals surface area contributed by atoms with Crippen LogP contribution in [0.1, 0.15) is 11.1 Å². The molecule has 4 nitrogen and oxygen atoms in total. The van der Waals surface area contributed by atoms with E-state index in [0.717, 1.165) is 5.56 Å². The van der Waals surface area contributed by atoms with E-state index in [9.17, 15) is 8.42 Å². The van der Waals surface area contributed by atoms with E-state index in [1.165, 1.54) is 4.31 Å². The molecule has 0 bridgehead atoms. The number of anilines is 2. The van der Waals surface area contributed by atoms with E-state index in [-0.39, 0.29) is 12.3 Å². The van der Waals surface area contributed by atoms with Crippen LogP contribution in [0.3, 0.4) is 0 Å². The van der Waals surface area contributed by atoms with Gasteiger partial charge in [-0.15, -0.1) is 0 Å². The molecule has 0 spiro atoms. The summed E-state index contributed by atoms with van der Waals surface area (Å²) in [5.41, 5.74) is 8.18. The summed E-state index contributed by atoms with van der Waals surface area (Å²) in [5, 5.41) is 0.986. The highest BCUT2D eigenvalue weighted by Gasteiger charge is 2.36. The van der Waals surface area contributed by atoms with Crippen LogP contribution in [0.2, 0.25) is 10.0 Å². The van der Waals surface area contributed by atoms with Crippen LogP contribution in [-0.2, 0) is 22.3 Å². The molecule has 0 amide bonds. The first-order valence-corrected chi connectivity index (χ1v) is 8.57. The molecule has 0 aromatic heterocycles. The second-order valence-electron chi connectivity index (χ2n) is 4.85. The fourth-order valence-electron chi connectivity index (χ4n) is 2.38. The van der Waals surface area contributed by atoms with Crippen molar-refractivity contribution < 1.29 is 8.42 Å².